The Hall–Kier alpha value is -1.59. The molecule has 5 rings (SSSR count). The highest BCUT2D eigenvalue weighted by Gasteiger charge is 2.72. The number of carbonyl (C=O) groups is 1. The number of likely N-dealkylation sites (tertiary alicyclic amines) is 1. The zero-order valence-electron chi connectivity index (χ0n) is 23.1. The predicted octanol–water partition coefficient (Wildman–Crippen LogP) is 1.05. The Morgan fingerprint density at radius 1 is 1.61 bits per heavy atom. The van der Waals surface area contributed by atoms with Crippen LogP contribution in [0.25, 0.3) is 0 Å². The largest absolute Gasteiger partial charge is 0.493 e. The van der Waals surface area contributed by atoms with Gasteiger partial charge in [-0.2, -0.15) is 0 Å². The molecule has 1 saturated carbocycles. The second-order valence-corrected chi connectivity index (χ2v) is 6.60. The van der Waals surface area contributed by atoms with Crippen molar-refractivity contribution in [2.45, 2.75) is 48.8 Å². The fraction of sp³-hybridized carbons (Fsp3) is 0.611. The average molecular weight is 326 g/mol. The van der Waals surface area contributed by atoms with Gasteiger partial charge in [-0.15, -0.1) is 0 Å². The highest BCUT2D eigenvalue weighted by Crippen LogP contribution is 2.64. The molecule has 1 unspecified atom stereocenters. The third-order valence-corrected chi connectivity index (χ3v) is 5.87. The molecule has 2 aliphatic heterocycles. The number of hydrogen-bond acceptors (Lipinski definition) is 5. The summed E-state index contributed by atoms with van der Waals surface area (Å²) in [4.78, 5) is 14.4. The van der Waals surface area contributed by atoms with Gasteiger partial charge in [-0.25, -0.2) is 0 Å². The van der Waals surface area contributed by atoms with Crippen LogP contribution in [0.5, 0.6) is 11.5 Å². The van der Waals surface area contributed by atoms with Crippen molar-refractivity contribution in [3.63, 3.8) is 0 Å². The molecule has 2 heterocycles. The normalized spacial score (nSPS) is 50.8. The van der Waals surface area contributed by atoms with Gasteiger partial charge in [0.2, 0.25) is 1.43 Å². The summed E-state index contributed by atoms with van der Waals surface area (Å²) in [6.07, 6.45) is -5.01. The van der Waals surface area contributed by atoms with Crippen LogP contribution in [0.3, 0.4) is 0 Å². The van der Waals surface area contributed by atoms with Crippen LogP contribution < -0.4 is 9.47 Å². The molecule has 5 nitrogen and oxygen atoms in total. The van der Waals surface area contributed by atoms with Crippen LogP contribution >= 0.6 is 0 Å². The van der Waals surface area contributed by atoms with Crippen molar-refractivity contribution in [3.05, 3.63) is 23.2 Å². The fourth-order valence-electron chi connectivity index (χ4n) is 4.90. The third-order valence-electron chi connectivity index (χ3n) is 5.87. The van der Waals surface area contributed by atoms with E-state index in [2.05, 4.69) is 0 Å². The first-order chi connectivity index (χ1) is 15.5. The molecule has 4 atom stereocenters. The lowest BCUT2D eigenvalue weighted by Crippen LogP contribution is -2.76. The molecule has 0 amide bonds. The van der Waals surface area contributed by atoms with Gasteiger partial charge in [0.25, 0.3) is 0 Å². The van der Waals surface area contributed by atoms with Gasteiger partial charge >= 0.3 is 0 Å². The summed E-state index contributed by atoms with van der Waals surface area (Å²) in [5, 5.41) is 5.25. The van der Waals surface area contributed by atoms with Crippen molar-refractivity contribution >= 4 is 5.78 Å². The van der Waals surface area contributed by atoms with Gasteiger partial charge in [0, 0.05) is 24.8 Å². The van der Waals surface area contributed by atoms with Crippen molar-refractivity contribution < 1.29 is 33.1 Å². The number of methoxy groups -OCH3 is 1. The first-order valence-electron chi connectivity index (χ1n) is 12.9. The summed E-state index contributed by atoms with van der Waals surface area (Å²) in [7, 11) is -3.01. The number of Topliss-reactive ketones (excluding diaryl/α,β-unsaturated/α-hetero) is 1. The maximum atomic E-state index is 13.3. The molecule has 2 fully saturated rings. The Morgan fingerprint density at radius 2 is 2.57 bits per heavy atom. The van der Waals surface area contributed by atoms with Crippen molar-refractivity contribution in [1.29, 1.82) is 1.43 Å². The van der Waals surface area contributed by atoms with Crippen LogP contribution in [0, 0.1) is 0 Å². The van der Waals surface area contributed by atoms with E-state index in [1.165, 1.54) is 0 Å². The molecule has 1 aromatic carbocycles. The zero-order valence-corrected chi connectivity index (χ0v) is 12.1. The van der Waals surface area contributed by atoms with E-state index in [4.69, 9.17) is 29.7 Å². The van der Waals surface area contributed by atoms with Crippen LogP contribution in [0.2, 0.25) is 0 Å². The molecule has 0 aromatic heterocycles. The summed E-state index contributed by atoms with van der Waals surface area (Å²) in [6, 6.07) is -2.14. The number of carbonyl (C=O) groups excluding carboxylic acids is 1. The summed E-state index contributed by atoms with van der Waals surface area (Å²) in [5.74, 6) is -1.79. The summed E-state index contributed by atoms with van der Waals surface area (Å²) >= 11 is 0. The summed E-state index contributed by atoms with van der Waals surface area (Å²) in [5.41, 5.74) is -3.05. The molecule has 4 aliphatic rings. The molecule has 1 N–H and O–H groups in total. The molecule has 23 heavy (non-hydrogen) atoms. The lowest BCUT2D eigenvalue weighted by atomic mass is 9.49. The number of ether oxygens (including phenoxy) is 2. The molecule has 1 spiro atoms. The van der Waals surface area contributed by atoms with Crippen LogP contribution in [0.4, 0.5) is 0 Å². The second kappa shape index (κ2) is 4.08. The Labute approximate surface area is 150 Å². The topological polar surface area (TPSA) is 59.0 Å². The third kappa shape index (κ3) is 1.32. The monoisotopic (exact) mass is 326 g/mol. The van der Waals surface area contributed by atoms with Crippen molar-refractivity contribution in [1.82, 2.24) is 4.90 Å². The van der Waals surface area contributed by atoms with Gasteiger partial charge in [0.1, 0.15) is 0 Å². The van der Waals surface area contributed by atoms with Gasteiger partial charge in [0.15, 0.2) is 23.4 Å². The highest BCUT2D eigenvalue weighted by molar-refractivity contribution is 5.90. The van der Waals surface area contributed by atoms with Crippen molar-refractivity contribution in [2.24, 2.45) is 0 Å². The Kier molecular flexibility index (Phi) is 1.19. The number of rotatable bonds is 2. The van der Waals surface area contributed by atoms with Gasteiger partial charge < -0.3 is 19.5 Å². The van der Waals surface area contributed by atoms with E-state index >= 15 is 0 Å². The minimum absolute atomic E-state index is 0.0628. The SMILES string of the molecule is [2H]O[C@@]12CC([2H])([2H])C(=O)C3Oc4c(OC([2H])([2H])[2H])c([2H])c([2H])c5c4[C@@]31CCN(C([2H])([2H])[2H])[C@@H]2C5. The van der Waals surface area contributed by atoms with Crippen molar-refractivity contribution in [2.75, 3.05) is 20.6 Å². The number of ketones is 1. The standard InChI is InChI=1S/C18H21NO4/c1-19-8-7-17-14-10-3-4-12(22-2)15(14)23-16(17)11(20)5-6-18(17,21)13(19)9-10/h3-4,13,16,21H,5-9H2,1-2H3/t13-,16?,17+,18-/m1/s1/i1D3,2D3,3D,4D,5D2,21D. The molecule has 0 radical (unpaired) electrons. The van der Waals surface area contributed by atoms with Crippen LogP contribution in [0.15, 0.2) is 12.1 Å². The average Bonchev–Trinajstić information content (AvgIpc) is 3.02. The predicted molar refractivity (Wildman–Crippen MR) is 83.0 cm³/mol. The first kappa shape index (κ1) is 6.73. The van der Waals surface area contributed by atoms with E-state index in [9.17, 15) is 4.79 Å². The first-order valence-corrected chi connectivity index (χ1v) is 7.49. The van der Waals surface area contributed by atoms with E-state index in [1.807, 2.05) is 0 Å². The minimum Gasteiger partial charge on any atom is -0.493 e. The van der Waals surface area contributed by atoms with Gasteiger partial charge in [0.05, 0.1) is 24.9 Å². The molecule has 2 aliphatic carbocycles. The molecule has 5 heteroatoms. The minimum atomic E-state index is -3.01. The lowest BCUT2D eigenvalue weighted by molar-refractivity contribution is -0.185. The number of nitrogens with zero attached hydrogens (tertiary/aromatic N) is 1. The van der Waals surface area contributed by atoms with E-state index in [1.54, 1.807) is 0 Å². The fourth-order valence-corrected chi connectivity index (χ4v) is 4.90. The van der Waals surface area contributed by atoms with Crippen LogP contribution in [-0.2, 0) is 16.6 Å². The maximum absolute atomic E-state index is 13.3. The second-order valence-electron chi connectivity index (χ2n) is 6.60. The molecular formula is C18H21NO4. The molecule has 1 aromatic rings. The number of piperidine rings is 1. The molecule has 122 valence electrons. The number of hydrogen-bond donors (Lipinski definition) is 1. The quantitative estimate of drug-likeness (QED) is 0.880. The Bertz CT molecular complexity index is 1100. The smallest absolute Gasteiger partial charge is 0.211 e. The van der Waals surface area contributed by atoms with E-state index in [0.29, 0.717) is 0 Å². The van der Waals surface area contributed by atoms with Crippen LogP contribution in [0.1, 0.15) is 44.0 Å². The van der Waals surface area contributed by atoms with Gasteiger partial charge in [-0.1, -0.05) is 6.04 Å². The summed E-state index contributed by atoms with van der Waals surface area (Å²) in [6.45, 7) is -2.70. The van der Waals surface area contributed by atoms with E-state index in [0.717, 1.165) is 4.90 Å². The van der Waals surface area contributed by atoms with Gasteiger partial charge in [-0.3, -0.25) is 4.79 Å². The molecular weight excluding hydrogens is 294 g/mol. The number of aliphatic hydroxyl groups is 1. The number of benzene rings is 1. The highest BCUT2D eigenvalue weighted by atomic mass is 16.5. The van der Waals surface area contributed by atoms with E-state index in [-0.39, 0.29) is 36.3 Å². The lowest BCUT2D eigenvalue weighted by Gasteiger charge is -2.62. The van der Waals surface area contributed by atoms with Crippen LogP contribution in [-0.4, -0.2) is 55.5 Å². The summed E-state index contributed by atoms with van der Waals surface area (Å²) < 4.78 is 99.1. The maximum Gasteiger partial charge on any atom is 0.211 e. The van der Waals surface area contributed by atoms with E-state index < -0.39 is 73.6 Å². The Morgan fingerprint density at radius 3 is 3.39 bits per heavy atom. The molecule has 1 saturated heterocycles. The Balaban J connectivity index is 1.87. The number of likely N-dealkylation sites (N-methyl/N-ethyl adjacent to an activating group) is 1. The molecule has 2 bridgehead atoms. The van der Waals surface area contributed by atoms with Crippen molar-refractivity contribution in [3.8, 4) is 11.5 Å². The van der Waals surface area contributed by atoms with Gasteiger partial charge in [-0.05, 0) is 44.4 Å². The zero-order chi connectivity index (χ0) is 25.2.